The van der Waals surface area contributed by atoms with Gasteiger partial charge in [-0.25, -0.2) is 0 Å². The topological polar surface area (TPSA) is 32.3 Å². The lowest BCUT2D eigenvalue weighted by Crippen LogP contribution is -2.28. The SMILES string of the molecule is OC(CCc1cccs1)CNC1CC1. The van der Waals surface area contributed by atoms with Crippen molar-refractivity contribution >= 4 is 11.3 Å². The Labute approximate surface area is 89.0 Å². The second kappa shape index (κ2) is 4.91. The van der Waals surface area contributed by atoms with Gasteiger partial charge in [-0.15, -0.1) is 11.3 Å². The van der Waals surface area contributed by atoms with Crippen molar-refractivity contribution in [1.29, 1.82) is 0 Å². The molecule has 2 N–H and O–H groups in total. The van der Waals surface area contributed by atoms with Crippen LogP contribution >= 0.6 is 11.3 Å². The number of aliphatic hydroxyl groups excluding tert-OH is 1. The summed E-state index contributed by atoms with van der Waals surface area (Å²) in [5.74, 6) is 0. The van der Waals surface area contributed by atoms with Gasteiger partial charge in [0.2, 0.25) is 0 Å². The van der Waals surface area contributed by atoms with E-state index in [-0.39, 0.29) is 6.10 Å². The molecule has 1 atom stereocenters. The van der Waals surface area contributed by atoms with Crippen LogP contribution in [0.25, 0.3) is 0 Å². The highest BCUT2D eigenvalue weighted by Crippen LogP contribution is 2.18. The molecule has 2 nitrogen and oxygen atoms in total. The van der Waals surface area contributed by atoms with E-state index < -0.39 is 0 Å². The molecule has 1 aromatic heterocycles. The number of hydrogen-bond acceptors (Lipinski definition) is 3. The normalized spacial score (nSPS) is 18.4. The lowest BCUT2D eigenvalue weighted by molar-refractivity contribution is 0.162. The van der Waals surface area contributed by atoms with Crippen LogP contribution in [0.5, 0.6) is 0 Å². The molecular formula is C11H17NOS. The summed E-state index contributed by atoms with van der Waals surface area (Å²) >= 11 is 1.77. The fourth-order valence-electron chi connectivity index (χ4n) is 1.46. The van der Waals surface area contributed by atoms with Crippen molar-refractivity contribution in [1.82, 2.24) is 5.32 Å². The van der Waals surface area contributed by atoms with Gasteiger partial charge in [0.1, 0.15) is 0 Å². The molecule has 1 heterocycles. The van der Waals surface area contributed by atoms with Gasteiger partial charge in [0, 0.05) is 17.5 Å². The molecule has 0 amide bonds. The maximum atomic E-state index is 9.67. The molecule has 1 saturated carbocycles. The van der Waals surface area contributed by atoms with E-state index in [2.05, 4.69) is 22.8 Å². The Morgan fingerprint density at radius 1 is 1.57 bits per heavy atom. The fourth-order valence-corrected chi connectivity index (χ4v) is 2.18. The maximum absolute atomic E-state index is 9.67. The summed E-state index contributed by atoms with van der Waals surface area (Å²) in [5.41, 5.74) is 0. The van der Waals surface area contributed by atoms with E-state index in [1.54, 1.807) is 11.3 Å². The maximum Gasteiger partial charge on any atom is 0.0668 e. The molecule has 0 radical (unpaired) electrons. The highest BCUT2D eigenvalue weighted by molar-refractivity contribution is 7.09. The average molecular weight is 211 g/mol. The van der Waals surface area contributed by atoms with Crippen LogP contribution in [0.3, 0.4) is 0 Å². The number of hydrogen-bond donors (Lipinski definition) is 2. The van der Waals surface area contributed by atoms with E-state index >= 15 is 0 Å². The lowest BCUT2D eigenvalue weighted by atomic mass is 10.2. The molecule has 1 aliphatic carbocycles. The first kappa shape index (κ1) is 10.1. The molecule has 1 fully saturated rings. The predicted molar refractivity (Wildman–Crippen MR) is 59.7 cm³/mol. The van der Waals surface area contributed by atoms with Gasteiger partial charge in [0.05, 0.1) is 6.10 Å². The number of rotatable bonds is 6. The third kappa shape index (κ3) is 3.40. The number of nitrogens with one attached hydrogen (secondary N) is 1. The summed E-state index contributed by atoms with van der Waals surface area (Å²) in [6.45, 7) is 0.760. The Morgan fingerprint density at radius 3 is 3.07 bits per heavy atom. The minimum Gasteiger partial charge on any atom is -0.392 e. The van der Waals surface area contributed by atoms with Gasteiger partial charge in [0.25, 0.3) is 0 Å². The second-order valence-corrected chi connectivity index (χ2v) is 4.99. The molecule has 78 valence electrons. The second-order valence-electron chi connectivity index (χ2n) is 3.95. The van der Waals surface area contributed by atoms with E-state index in [4.69, 9.17) is 0 Å². The van der Waals surface area contributed by atoms with Gasteiger partial charge < -0.3 is 10.4 Å². The average Bonchev–Trinajstić information content (AvgIpc) is 2.87. The van der Waals surface area contributed by atoms with Crippen LogP contribution in [0.2, 0.25) is 0 Å². The summed E-state index contributed by atoms with van der Waals surface area (Å²) in [7, 11) is 0. The zero-order valence-electron chi connectivity index (χ0n) is 8.28. The summed E-state index contributed by atoms with van der Waals surface area (Å²) in [6, 6.07) is 4.90. The molecule has 0 bridgehead atoms. The number of aliphatic hydroxyl groups is 1. The Morgan fingerprint density at radius 2 is 2.43 bits per heavy atom. The summed E-state index contributed by atoms with van der Waals surface area (Å²) in [5, 5.41) is 15.1. The smallest absolute Gasteiger partial charge is 0.0668 e. The van der Waals surface area contributed by atoms with Gasteiger partial charge >= 0.3 is 0 Å². The zero-order chi connectivity index (χ0) is 9.80. The molecule has 0 aromatic carbocycles. The van der Waals surface area contributed by atoms with E-state index in [1.165, 1.54) is 17.7 Å². The van der Waals surface area contributed by atoms with Crippen LogP contribution in [0, 0.1) is 0 Å². The Bertz CT molecular complexity index is 256. The summed E-state index contributed by atoms with van der Waals surface area (Å²) in [6.07, 6.45) is 4.28. The first-order chi connectivity index (χ1) is 6.84. The van der Waals surface area contributed by atoms with Crippen LogP contribution in [0.4, 0.5) is 0 Å². The van der Waals surface area contributed by atoms with Gasteiger partial charge in [0.15, 0.2) is 0 Å². The predicted octanol–water partition coefficient (Wildman–Crippen LogP) is 1.79. The lowest BCUT2D eigenvalue weighted by Gasteiger charge is -2.10. The third-order valence-electron chi connectivity index (χ3n) is 2.52. The van der Waals surface area contributed by atoms with Crippen LogP contribution in [0.15, 0.2) is 17.5 Å². The Hall–Kier alpha value is -0.380. The van der Waals surface area contributed by atoms with E-state index in [0.29, 0.717) is 6.04 Å². The van der Waals surface area contributed by atoms with Gasteiger partial charge in [-0.05, 0) is 37.1 Å². The molecule has 14 heavy (non-hydrogen) atoms. The molecule has 3 heteroatoms. The minimum absolute atomic E-state index is 0.183. The highest BCUT2D eigenvalue weighted by Gasteiger charge is 2.21. The summed E-state index contributed by atoms with van der Waals surface area (Å²) in [4.78, 5) is 1.37. The van der Waals surface area contributed by atoms with Crippen molar-refractivity contribution in [2.75, 3.05) is 6.54 Å². The standard InChI is InChI=1S/C11H17NOS/c13-10(8-12-9-3-4-9)5-6-11-2-1-7-14-11/h1-2,7,9-10,12-13H,3-6,8H2. The minimum atomic E-state index is -0.183. The van der Waals surface area contributed by atoms with Crippen LogP contribution in [-0.4, -0.2) is 23.8 Å². The first-order valence-electron chi connectivity index (χ1n) is 5.28. The van der Waals surface area contributed by atoms with Crippen molar-refractivity contribution in [2.24, 2.45) is 0 Å². The molecular weight excluding hydrogens is 194 g/mol. The van der Waals surface area contributed by atoms with Crippen molar-refractivity contribution in [2.45, 2.75) is 37.8 Å². The fraction of sp³-hybridized carbons (Fsp3) is 0.636. The van der Waals surface area contributed by atoms with Crippen LogP contribution in [-0.2, 0) is 6.42 Å². The molecule has 0 spiro atoms. The van der Waals surface area contributed by atoms with Crippen molar-refractivity contribution in [3.63, 3.8) is 0 Å². The Kier molecular flexibility index (Phi) is 3.56. The van der Waals surface area contributed by atoms with Gasteiger partial charge in [-0.3, -0.25) is 0 Å². The molecule has 1 aromatic rings. The van der Waals surface area contributed by atoms with Crippen molar-refractivity contribution in [3.8, 4) is 0 Å². The Balaban J connectivity index is 1.59. The molecule has 0 saturated heterocycles. The highest BCUT2D eigenvalue weighted by atomic mass is 32.1. The zero-order valence-corrected chi connectivity index (χ0v) is 9.09. The van der Waals surface area contributed by atoms with E-state index in [0.717, 1.165) is 19.4 Å². The third-order valence-corrected chi connectivity index (χ3v) is 3.46. The van der Waals surface area contributed by atoms with Crippen molar-refractivity contribution in [3.05, 3.63) is 22.4 Å². The van der Waals surface area contributed by atoms with Gasteiger partial charge in [-0.2, -0.15) is 0 Å². The molecule has 2 rings (SSSR count). The van der Waals surface area contributed by atoms with Gasteiger partial charge in [-0.1, -0.05) is 6.07 Å². The molecule has 0 aliphatic heterocycles. The number of thiophene rings is 1. The van der Waals surface area contributed by atoms with E-state index in [1.807, 2.05) is 0 Å². The largest absolute Gasteiger partial charge is 0.392 e. The molecule has 1 unspecified atom stereocenters. The molecule has 1 aliphatic rings. The quantitative estimate of drug-likeness (QED) is 0.752. The van der Waals surface area contributed by atoms with E-state index in [9.17, 15) is 5.11 Å². The van der Waals surface area contributed by atoms with Crippen LogP contribution < -0.4 is 5.32 Å². The monoisotopic (exact) mass is 211 g/mol. The first-order valence-corrected chi connectivity index (χ1v) is 6.16. The van der Waals surface area contributed by atoms with Crippen LogP contribution in [0.1, 0.15) is 24.1 Å². The number of aryl methyl sites for hydroxylation is 1. The summed E-state index contributed by atoms with van der Waals surface area (Å²) < 4.78 is 0. The van der Waals surface area contributed by atoms with Crippen molar-refractivity contribution < 1.29 is 5.11 Å².